The fourth-order valence-corrected chi connectivity index (χ4v) is 4.39. The van der Waals surface area contributed by atoms with Crippen molar-refractivity contribution in [3.8, 4) is 5.75 Å². The number of ether oxygens (including phenoxy) is 1. The van der Waals surface area contributed by atoms with Crippen molar-refractivity contribution in [2.24, 2.45) is 0 Å². The maximum absolute atomic E-state index is 12.9. The number of rotatable bonds is 4. The molecule has 2 aliphatic rings. The number of fused-ring (bicyclic) bond motifs is 2. The fourth-order valence-electron chi connectivity index (χ4n) is 4.22. The molecule has 0 radical (unpaired) electrons. The van der Waals surface area contributed by atoms with Gasteiger partial charge in [-0.25, -0.2) is 0 Å². The van der Waals surface area contributed by atoms with Gasteiger partial charge in [-0.1, -0.05) is 48.0 Å². The number of para-hydroxylation sites is 1. The molecular weight excluding hydrogens is 412 g/mol. The van der Waals surface area contributed by atoms with Crippen LogP contribution in [0.5, 0.6) is 5.75 Å². The van der Waals surface area contributed by atoms with Crippen molar-refractivity contribution in [2.75, 3.05) is 16.8 Å². The zero-order valence-corrected chi connectivity index (χ0v) is 17.6. The van der Waals surface area contributed by atoms with E-state index < -0.39 is 0 Å². The van der Waals surface area contributed by atoms with Crippen LogP contribution in [0.4, 0.5) is 11.4 Å². The molecular formula is C25H21ClN2O3. The Morgan fingerprint density at radius 1 is 1.10 bits per heavy atom. The summed E-state index contributed by atoms with van der Waals surface area (Å²) in [6, 6.07) is 20.8. The quantitative estimate of drug-likeness (QED) is 0.635. The van der Waals surface area contributed by atoms with Gasteiger partial charge in [0.1, 0.15) is 5.75 Å². The monoisotopic (exact) mass is 432 g/mol. The molecule has 1 unspecified atom stereocenters. The highest BCUT2D eigenvalue weighted by molar-refractivity contribution is 6.31. The van der Waals surface area contributed by atoms with Crippen molar-refractivity contribution in [2.45, 2.75) is 25.3 Å². The molecule has 156 valence electrons. The van der Waals surface area contributed by atoms with E-state index in [0.29, 0.717) is 31.0 Å². The molecule has 0 spiro atoms. The van der Waals surface area contributed by atoms with Crippen LogP contribution in [0.2, 0.25) is 5.02 Å². The van der Waals surface area contributed by atoms with E-state index in [1.54, 1.807) is 4.90 Å². The second-order valence-corrected chi connectivity index (χ2v) is 8.28. The van der Waals surface area contributed by atoms with Crippen LogP contribution < -0.4 is 15.0 Å². The number of hydrogen-bond donors (Lipinski definition) is 1. The Morgan fingerprint density at radius 2 is 1.90 bits per heavy atom. The van der Waals surface area contributed by atoms with Crippen molar-refractivity contribution >= 4 is 34.8 Å². The second-order valence-electron chi connectivity index (χ2n) is 7.84. The Bertz CT molecular complexity index is 1160. The highest BCUT2D eigenvalue weighted by atomic mass is 35.5. The molecule has 6 heteroatoms. The Hall–Kier alpha value is -3.31. The standard InChI is InChI=1S/C25H21ClN2O3/c26-18-8-7-17-13-24(29)28(22(17)14-18)15-16-5-9-19(10-6-16)27-25(30)21-11-12-31-23-4-2-1-3-20(21)23/h1-10,14,21H,11-13,15H2,(H,27,30). The summed E-state index contributed by atoms with van der Waals surface area (Å²) >= 11 is 6.12. The van der Waals surface area contributed by atoms with Crippen LogP contribution in [0.25, 0.3) is 0 Å². The van der Waals surface area contributed by atoms with E-state index in [1.165, 1.54) is 0 Å². The van der Waals surface area contributed by atoms with Crippen LogP contribution in [0, 0.1) is 0 Å². The molecule has 3 aromatic rings. The van der Waals surface area contributed by atoms with Gasteiger partial charge in [0, 0.05) is 22.0 Å². The molecule has 31 heavy (non-hydrogen) atoms. The fraction of sp³-hybridized carbons (Fsp3) is 0.200. The maximum atomic E-state index is 12.9. The van der Waals surface area contributed by atoms with E-state index in [9.17, 15) is 9.59 Å². The average molecular weight is 433 g/mol. The number of nitrogens with one attached hydrogen (secondary N) is 1. The van der Waals surface area contributed by atoms with Crippen LogP contribution in [-0.4, -0.2) is 18.4 Å². The maximum Gasteiger partial charge on any atom is 0.232 e. The summed E-state index contributed by atoms with van der Waals surface area (Å²) in [4.78, 5) is 27.1. The van der Waals surface area contributed by atoms with Crippen molar-refractivity contribution in [3.05, 3.63) is 88.4 Å². The first-order chi connectivity index (χ1) is 15.1. The lowest BCUT2D eigenvalue weighted by atomic mass is 9.92. The van der Waals surface area contributed by atoms with Gasteiger partial charge < -0.3 is 15.0 Å². The first kappa shape index (κ1) is 19.6. The number of carbonyl (C=O) groups excluding carboxylic acids is 2. The van der Waals surface area contributed by atoms with Gasteiger partial charge in [-0.05, 0) is 47.9 Å². The third-order valence-corrected chi connectivity index (χ3v) is 6.05. The molecule has 0 aromatic heterocycles. The third kappa shape index (κ3) is 3.89. The Labute approximate surface area is 185 Å². The second kappa shape index (κ2) is 8.08. The van der Waals surface area contributed by atoms with Crippen LogP contribution >= 0.6 is 11.6 Å². The molecule has 5 nitrogen and oxygen atoms in total. The summed E-state index contributed by atoms with van der Waals surface area (Å²) in [6.07, 6.45) is 1.05. The molecule has 3 aromatic carbocycles. The van der Waals surface area contributed by atoms with Gasteiger partial charge in [0.25, 0.3) is 0 Å². The Kier molecular flexibility index (Phi) is 5.12. The molecule has 0 aliphatic carbocycles. The van der Waals surface area contributed by atoms with Crippen molar-refractivity contribution in [1.29, 1.82) is 0 Å². The molecule has 0 saturated carbocycles. The molecule has 2 heterocycles. The molecule has 1 atom stereocenters. The summed E-state index contributed by atoms with van der Waals surface area (Å²) in [5.41, 5.74) is 4.50. The summed E-state index contributed by atoms with van der Waals surface area (Å²) in [5, 5.41) is 3.63. The lowest BCUT2D eigenvalue weighted by Gasteiger charge is -2.25. The van der Waals surface area contributed by atoms with Crippen molar-refractivity contribution in [1.82, 2.24) is 0 Å². The molecule has 1 N–H and O–H groups in total. The normalized spacial score (nSPS) is 17.0. The number of amides is 2. The lowest BCUT2D eigenvalue weighted by molar-refractivity contribution is -0.118. The number of carbonyl (C=O) groups is 2. The molecule has 5 rings (SSSR count). The third-order valence-electron chi connectivity index (χ3n) is 5.82. The summed E-state index contributed by atoms with van der Waals surface area (Å²) in [5.74, 6) is 0.572. The smallest absolute Gasteiger partial charge is 0.232 e. The number of anilines is 2. The minimum Gasteiger partial charge on any atom is -0.493 e. The molecule has 2 aliphatic heterocycles. The zero-order chi connectivity index (χ0) is 21.4. The van der Waals surface area contributed by atoms with E-state index in [4.69, 9.17) is 16.3 Å². The van der Waals surface area contributed by atoms with Crippen LogP contribution in [0.15, 0.2) is 66.7 Å². The summed E-state index contributed by atoms with van der Waals surface area (Å²) in [7, 11) is 0. The first-order valence-electron chi connectivity index (χ1n) is 10.3. The molecule has 2 amide bonds. The highest BCUT2D eigenvalue weighted by Gasteiger charge is 2.28. The highest BCUT2D eigenvalue weighted by Crippen LogP contribution is 2.35. The number of hydrogen-bond acceptors (Lipinski definition) is 3. The van der Waals surface area contributed by atoms with Gasteiger partial charge in [0.05, 0.1) is 25.5 Å². The van der Waals surface area contributed by atoms with Crippen LogP contribution in [0.3, 0.4) is 0 Å². The van der Waals surface area contributed by atoms with Gasteiger partial charge in [-0.15, -0.1) is 0 Å². The zero-order valence-electron chi connectivity index (χ0n) is 16.8. The SMILES string of the molecule is O=C(Nc1ccc(CN2C(=O)Cc3ccc(Cl)cc32)cc1)C1CCOc2ccccc21. The predicted molar refractivity (Wildman–Crippen MR) is 121 cm³/mol. The van der Waals surface area contributed by atoms with Gasteiger partial charge in [-0.2, -0.15) is 0 Å². The molecule has 0 bridgehead atoms. The van der Waals surface area contributed by atoms with E-state index >= 15 is 0 Å². The van der Waals surface area contributed by atoms with Gasteiger partial charge in [0.2, 0.25) is 11.8 Å². The largest absolute Gasteiger partial charge is 0.493 e. The van der Waals surface area contributed by atoms with E-state index in [-0.39, 0.29) is 17.7 Å². The molecule has 0 saturated heterocycles. The van der Waals surface area contributed by atoms with E-state index in [0.717, 1.165) is 33.8 Å². The number of halogens is 1. The molecule has 0 fully saturated rings. The van der Waals surface area contributed by atoms with Gasteiger partial charge in [-0.3, -0.25) is 9.59 Å². The minimum absolute atomic E-state index is 0.0400. The van der Waals surface area contributed by atoms with Gasteiger partial charge in [0.15, 0.2) is 0 Å². The summed E-state index contributed by atoms with van der Waals surface area (Å²) in [6.45, 7) is 0.997. The topological polar surface area (TPSA) is 58.6 Å². The number of benzene rings is 3. The number of nitrogens with zero attached hydrogens (tertiary/aromatic N) is 1. The van der Waals surface area contributed by atoms with Crippen LogP contribution in [-0.2, 0) is 22.6 Å². The van der Waals surface area contributed by atoms with Crippen molar-refractivity contribution < 1.29 is 14.3 Å². The lowest BCUT2D eigenvalue weighted by Crippen LogP contribution is -2.27. The first-order valence-corrected chi connectivity index (χ1v) is 10.7. The summed E-state index contributed by atoms with van der Waals surface area (Å²) < 4.78 is 5.65. The van der Waals surface area contributed by atoms with Crippen molar-refractivity contribution in [3.63, 3.8) is 0 Å². The Balaban J connectivity index is 1.28. The Morgan fingerprint density at radius 3 is 2.74 bits per heavy atom. The predicted octanol–water partition coefficient (Wildman–Crippen LogP) is 4.93. The minimum atomic E-state index is -0.229. The van der Waals surface area contributed by atoms with Gasteiger partial charge >= 0.3 is 0 Å². The van der Waals surface area contributed by atoms with Crippen LogP contribution in [0.1, 0.15) is 29.0 Å². The van der Waals surface area contributed by atoms with E-state index in [1.807, 2.05) is 66.7 Å². The average Bonchev–Trinajstić information content (AvgIpc) is 3.09. The van der Waals surface area contributed by atoms with E-state index in [2.05, 4.69) is 5.32 Å².